The van der Waals surface area contributed by atoms with Gasteiger partial charge in [0.25, 0.3) is 11.8 Å². The second kappa shape index (κ2) is 25.2. The van der Waals surface area contributed by atoms with Crippen molar-refractivity contribution in [1.29, 1.82) is 0 Å². The molecule has 0 bridgehead atoms. The predicted molar refractivity (Wildman–Crippen MR) is 226 cm³/mol. The third-order valence-corrected chi connectivity index (χ3v) is 10.3. The van der Waals surface area contributed by atoms with E-state index in [-0.39, 0.29) is 80.5 Å². The second-order valence-electron chi connectivity index (χ2n) is 14.6. The Bertz CT molecular complexity index is 1810. The number of anilines is 1. The van der Waals surface area contributed by atoms with Crippen molar-refractivity contribution in [3.63, 3.8) is 0 Å². The first-order valence-electron chi connectivity index (χ1n) is 19.9. The highest BCUT2D eigenvalue weighted by Crippen LogP contribution is 2.19. The van der Waals surface area contributed by atoms with E-state index in [4.69, 9.17) is 17.2 Å². The smallest absolute Gasteiger partial charge is 0.326 e. The maximum Gasteiger partial charge on any atom is 0.326 e. The van der Waals surface area contributed by atoms with Gasteiger partial charge >= 0.3 is 11.9 Å². The quantitative estimate of drug-likeness (QED) is 0.0374. The van der Waals surface area contributed by atoms with Crippen molar-refractivity contribution in [3.8, 4) is 0 Å². The van der Waals surface area contributed by atoms with Gasteiger partial charge in [0.05, 0.1) is 30.8 Å². The first kappa shape index (κ1) is 48.8. The monoisotopic (exact) mass is 856 g/mol. The molecule has 0 fully saturated rings. The second-order valence-corrected chi connectivity index (χ2v) is 15.0. The molecule has 2 aliphatic rings. The van der Waals surface area contributed by atoms with Crippen LogP contribution in [0.3, 0.4) is 0 Å². The number of aliphatic imine (C=N–C) groups is 3. The number of benzene rings is 1. The average molecular weight is 857 g/mol. The predicted octanol–water partition coefficient (Wildman–Crippen LogP) is -0.0164. The van der Waals surface area contributed by atoms with Gasteiger partial charge in [-0.05, 0) is 62.9 Å². The fourth-order valence-electron chi connectivity index (χ4n) is 6.49. The number of ketones is 3. The lowest BCUT2D eigenvalue weighted by atomic mass is 9.93. The summed E-state index contributed by atoms with van der Waals surface area (Å²) in [7, 11) is 0. The molecule has 21 heteroatoms. The molecular formula is C39H56N10O10S. The van der Waals surface area contributed by atoms with Crippen LogP contribution in [0.15, 0.2) is 39.2 Å². The summed E-state index contributed by atoms with van der Waals surface area (Å²) in [6.07, 6.45) is 3.17. The van der Waals surface area contributed by atoms with Crippen LogP contribution in [0.25, 0.3) is 0 Å². The molecule has 2 aliphatic heterocycles. The third kappa shape index (κ3) is 16.3. The van der Waals surface area contributed by atoms with E-state index in [0.29, 0.717) is 56.5 Å². The fraction of sp³-hybridized carbons (Fsp3) is 0.564. The summed E-state index contributed by atoms with van der Waals surface area (Å²) in [5.74, 6) is -6.68. The summed E-state index contributed by atoms with van der Waals surface area (Å²) in [5.41, 5.74) is 17.8. The lowest BCUT2D eigenvalue weighted by molar-refractivity contribution is -0.144. The molecule has 3 rings (SSSR count). The number of nitrogens with two attached hydrogens (primary N) is 3. The number of unbranched alkanes of at least 4 members (excludes halogenated alkanes) is 3. The summed E-state index contributed by atoms with van der Waals surface area (Å²) < 4.78 is 0. The van der Waals surface area contributed by atoms with Gasteiger partial charge in [-0.1, -0.05) is 19.3 Å². The average Bonchev–Trinajstić information content (AvgIpc) is 3.22. The summed E-state index contributed by atoms with van der Waals surface area (Å²) in [6, 6.07) is 3.03. The van der Waals surface area contributed by atoms with Crippen molar-refractivity contribution >= 4 is 83.2 Å². The van der Waals surface area contributed by atoms with Gasteiger partial charge in [-0.2, -0.15) is 12.6 Å². The van der Waals surface area contributed by atoms with Crippen LogP contribution in [-0.2, 0) is 33.6 Å². The van der Waals surface area contributed by atoms with Gasteiger partial charge in [0, 0.05) is 54.8 Å². The fourth-order valence-corrected chi connectivity index (χ4v) is 6.79. The normalized spacial score (nSPS) is 17.7. The van der Waals surface area contributed by atoms with E-state index in [9.17, 15) is 48.6 Å². The molecule has 12 N–H and O–H groups in total. The van der Waals surface area contributed by atoms with E-state index in [0.717, 1.165) is 0 Å². The van der Waals surface area contributed by atoms with Crippen molar-refractivity contribution in [3.05, 3.63) is 29.8 Å². The van der Waals surface area contributed by atoms with Gasteiger partial charge in [0.2, 0.25) is 5.91 Å². The molecule has 6 atom stereocenters. The third-order valence-electron chi connectivity index (χ3n) is 9.96. The molecule has 0 aromatic heterocycles. The zero-order valence-corrected chi connectivity index (χ0v) is 34.2. The van der Waals surface area contributed by atoms with Crippen LogP contribution >= 0.6 is 12.6 Å². The Morgan fingerprint density at radius 2 is 1.48 bits per heavy atom. The first-order valence-corrected chi connectivity index (χ1v) is 20.5. The van der Waals surface area contributed by atoms with Crippen LogP contribution in [-0.4, -0.2) is 125 Å². The molecule has 1 aromatic carbocycles. The van der Waals surface area contributed by atoms with Crippen molar-refractivity contribution in [1.82, 2.24) is 16.0 Å². The van der Waals surface area contributed by atoms with E-state index in [2.05, 4.69) is 48.9 Å². The summed E-state index contributed by atoms with van der Waals surface area (Å²) in [4.78, 5) is 112. The highest BCUT2D eigenvalue weighted by atomic mass is 32.1. The van der Waals surface area contributed by atoms with Crippen molar-refractivity contribution in [2.75, 3.05) is 30.7 Å². The Kier molecular flexibility index (Phi) is 20.5. The molecule has 60 heavy (non-hydrogen) atoms. The molecule has 1 aromatic rings. The van der Waals surface area contributed by atoms with Crippen molar-refractivity contribution in [2.24, 2.45) is 44.0 Å². The number of thiol groups is 1. The number of amides is 3. The van der Waals surface area contributed by atoms with E-state index in [1.165, 1.54) is 18.3 Å². The van der Waals surface area contributed by atoms with Gasteiger partial charge in [0.15, 0.2) is 24.0 Å². The first-order chi connectivity index (χ1) is 28.6. The van der Waals surface area contributed by atoms with Gasteiger partial charge in [-0.3, -0.25) is 48.9 Å². The van der Waals surface area contributed by atoms with Crippen LogP contribution in [0.1, 0.15) is 87.4 Å². The molecule has 0 saturated heterocycles. The van der Waals surface area contributed by atoms with E-state index in [1.54, 1.807) is 12.1 Å². The van der Waals surface area contributed by atoms with Gasteiger partial charge in [0.1, 0.15) is 17.6 Å². The zero-order valence-electron chi connectivity index (χ0n) is 33.3. The highest BCUT2D eigenvalue weighted by molar-refractivity contribution is 7.80. The Labute approximate surface area is 352 Å². The minimum absolute atomic E-state index is 0.0226. The molecule has 0 radical (unpaired) electrons. The molecule has 328 valence electrons. The lowest BCUT2D eigenvalue weighted by Gasteiger charge is -2.25. The van der Waals surface area contributed by atoms with Gasteiger partial charge in [-0.15, -0.1) is 0 Å². The van der Waals surface area contributed by atoms with Gasteiger partial charge in [-0.25, -0.2) is 9.79 Å². The molecule has 3 amide bonds. The summed E-state index contributed by atoms with van der Waals surface area (Å²) >= 11 is 4.22. The maximum atomic E-state index is 12.9. The number of rotatable bonds is 29. The van der Waals surface area contributed by atoms with E-state index >= 15 is 0 Å². The summed E-state index contributed by atoms with van der Waals surface area (Å²) in [5, 5.41) is 30.1. The molecule has 0 saturated carbocycles. The standard InChI is InChI=1S/C39H56N10O10S/c40-15-5-4-6-23(16-28(51)18-41)35(54)47-30(21-60)31(52)8-3-1-2-7-24(37(56)57)17-27(50)13-14-29(38(58)59)46-34(53)22-9-11-25(12-10-22)43-19-26-20-44-33-32(45-26)36(55)49-39(42)48-33/h9-12,20,23-24,29-30,32-33,43,60H,1-8,13-19,21,40-41H2,(H,46,53)(H,47,54)(H,56,57)(H,58,59)(H3,42,48,49,55). The topological polar surface area (TPSA) is 340 Å². The molecular weight excluding hydrogens is 801 g/mol. The Morgan fingerprint density at radius 3 is 2.13 bits per heavy atom. The molecule has 20 nitrogen and oxygen atoms in total. The minimum Gasteiger partial charge on any atom is -0.481 e. The summed E-state index contributed by atoms with van der Waals surface area (Å²) in [6.45, 7) is 0.470. The van der Waals surface area contributed by atoms with Crippen molar-refractivity contribution in [2.45, 2.75) is 101 Å². The van der Waals surface area contributed by atoms with E-state index < -0.39 is 71.6 Å². The van der Waals surface area contributed by atoms with Crippen molar-refractivity contribution < 1.29 is 48.6 Å². The van der Waals surface area contributed by atoms with Crippen LogP contribution in [0.2, 0.25) is 0 Å². The number of carbonyl (C=O) groups excluding carboxylic acids is 6. The largest absolute Gasteiger partial charge is 0.481 e. The number of nitrogens with one attached hydrogen (secondary N) is 4. The molecule has 0 spiro atoms. The van der Waals surface area contributed by atoms with Crippen LogP contribution in [0.4, 0.5) is 5.69 Å². The number of Topliss-reactive ketones (excluding diaryl/α,β-unsaturated/α-hetero) is 3. The zero-order chi connectivity index (χ0) is 44.2. The molecule has 6 unspecified atom stereocenters. The molecule has 2 heterocycles. The molecule has 0 aliphatic carbocycles. The number of aliphatic carboxylic acids is 2. The van der Waals surface area contributed by atoms with Crippen LogP contribution in [0.5, 0.6) is 0 Å². The number of carbonyl (C=O) groups is 8. The Balaban J connectivity index is 1.40. The lowest BCUT2D eigenvalue weighted by Crippen LogP contribution is -2.52. The van der Waals surface area contributed by atoms with Gasteiger partial charge < -0.3 is 43.4 Å². The minimum atomic E-state index is -1.41. The number of fused-ring (bicyclic) bond motifs is 1. The van der Waals surface area contributed by atoms with Crippen LogP contribution in [0, 0.1) is 11.8 Å². The number of carboxylic acids is 2. The Hall–Kier alpha value is -5.54. The van der Waals surface area contributed by atoms with E-state index in [1.807, 2.05) is 0 Å². The Morgan fingerprint density at radius 1 is 0.800 bits per heavy atom. The maximum absolute atomic E-state index is 12.9. The number of guanidine groups is 1. The SMILES string of the molecule is NCCCCC(CC(=O)CN)C(=O)NC(CS)C(=O)CCCCCC(CC(=O)CCC(NC(=O)c1ccc(NCC2=NC3C(=O)NC(N)=NC3N=C2)cc1)C(=O)O)C(=O)O. The number of hydrogen-bond donors (Lipinski definition) is 10. The highest BCUT2D eigenvalue weighted by Gasteiger charge is 2.34. The number of hydrogen-bond acceptors (Lipinski definition) is 16. The van der Waals surface area contributed by atoms with Crippen LogP contribution < -0.4 is 38.5 Å². The number of carboxylic acid groups (broad SMARTS) is 2. The number of nitrogens with zero attached hydrogens (tertiary/aromatic N) is 3.